The van der Waals surface area contributed by atoms with Gasteiger partial charge in [0.15, 0.2) is 5.65 Å². The Kier molecular flexibility index (Phi) is 4.36. The van der Waals surface area contributed by atoms with Crippen LogP contribution in [0.3, 0.4) is 0 Å². The average Bonchev–Trinajstić information content (AvgIpc) is 3.33. The SMILES string of the molecule is CC[C@@H]1CN(C(=O)NCC(C)(F)F)C[C@@H]1c1cnc2cnc3c(n12)C=CC3. The Morgan fingerprint density at radius 1 is 1.33 bits per heavy atom. The van der Waals surface area contributed by atoms with Crippen molar-refractivity contribution in [2.45, 2.75) is 38.5 Å². The number of hydrogen-bond acceptors (Lipinski definition) is 3. The maximum absolute atomic E-state index is 13.1. The number of halogens is 2. The van der Waals surface area contributed by atoms with E-state index >= 15 is 0 Å². The van der Waals surface area contributed by atoms with Crippen molar-refractivity contribution in [1.82, 2.24) is 24.6 Å². The predicted octanol–water partition coefficient (Wildman–Crippen LogP) is 3.09. The predicted molar refractivity (Wildman–Crippen MR) is 97.8 cm³/mol. The Labute approximate surface area is 156 Å². The van der Waals surface area contributed by atoms with Crippen LogP contribution in [0.4, 0.5) is 13.6 Å². The first-order valence-electron chi connectivity index (χ1n) is 9.29. The maximum atomic E-state index is 13.1. The molecule has 0 bridgehead atoms. The van der Waals surface area contributed by atoms with E-state index in [0.717, 1.165) is 42.5 Å². The van der Waals surface area contributed by atoms with Gasteiger partial charge < -0.3 is 10.2 Å². The second kappa shape index (κ2) is 6.58. The maximum Gasteiger partial charge on any atom is 0.317 e. The van der Waals surface area contributed by atoms with Crippen LogP contribution in [0.5, 0.6) is 0 Å². The number of carbonyl (C=O) groups is 1. The quantitative estimate of drug-likeness (QED) is 0.893. The summed E-state index contributed by atoms with van der Waals surface area (Å²) in [7, 11) is 0. The normalized spacial score (nSPS) is 21.9. The Hall–Kier alpha value is -2.51. The van der Waals surface area contributed by atoms with E-state index in [9.17, 15) is 13.6 Å². The van der Waals surface area contributed by atoms with Gasteiger partial charge in [0.2, 0.25) is 0 Å². The van der Waals surface area contributed by atoms with E-state index in [0.29, 0.717) is 13.1 Å². The molecule has 2 aromatic rings. The molecule has 0 radical (unpaired) electrons. The highest BCUT2D eigenvalue weighted by atomic mass is 19.3. The van der Waals surface area contributed by atoms with Gasteiger partial charge in [-0.05, 0) is 12.0 Å². The van der Waals surface area contributed by atoms with Crippen LogP contribution in [0.1, 0.15) is 43.3 Å². The van der Waals surface area contributed by atoms with Crippen LogP contribution in [0.25, 0.3) is 11.7 Å². The first-order valence-corrected chi connectivity index (χ1v) is 9.29. The van der Waals surface area contributed by atoms with Crippen molar-refractivity contribution >= 4 is 17.8 Å². The summed E-state index contributed by atoms with van der Waals surface area (Å²) in [6.07, 6.45) is 9.48. The zero-order valence-electron chi connectivity index (χ0n) is 15.5. The summed E-state index contributed by atoms with van der Waals surface area (Å²) in [6, 6.07) is -0.432. The van der Waals surface area contributed by atoms with Crippen LogP contribution in [0, 0.1) is 5.92 Å². The van der Waals surface area contributed by atoms with Crippen molar-refractivity contribution in [3.63, 3.8) is 0 Å². The number of hydrogen-bond donors (Lipinski definition) is 1. The molecule has 0 aromatic carbocycles. The fourth-order valence-electron chi connectivity index (χ4n) is 4.06. The lowest BCUT2D eigenvalue weighted by atomic mass is 9.91. The van der Waals surface area contributed by atoms with E-state index in [1.54, 1.807) is 11.1 Å². The second-order valence-electron chi connectivity index (χ2n) is 7.48. The number of urea groups is 1. The zero-order chi connectivity index (χ0) is 19.2. The largest absolute Gasteiger partial charge is 0.332 e. The monoisotopic (exact) mass is 375 g/mol. The van der Waals surface area contributed by atoms with Gasteiger partial charge in [0.1, 0.15) is 0 Å². The van der Waals surface area contributed by atoms with Crippen molar-refractivity contribution in [3.8, 4) is 0 Å². The van der Waals surface area contributed by atoms with Crippen LogP contribution < -0.4 is 5.32 Å². The third kappa shape index (κ3) is 3.28. The van der Waals surface area contributed by atoms with Gasteiger partial charge in [0.25, 0.3) is 5.92 Å². The number of likely N-dealkylation sites (tertiary alicyclic amines) is 1. The Morgan fingerprint density at radius 2 is 2.15 bits per heavy atom. The fourth-order valence-corrected chi connectivity index (χ4v) is 4.06. The Bertz CT molecular complexity index is 901. The van der Waals surface area contributed by atoms with Crippen LogP contribution in [-0.4, -0.2) is 50.9 Å². The van der Waals surface area contributed by atoms with Crippen LogP contribution in [-0.2, 0) is 6.42 Å². The molecular weight excluding hydrogens is 352 g/mol. The summed E-state index contributed by atoms with van der Waals surface area (Å²) in [5.74, 6) is -2.55. The summed E-state index contributed by atoms with van der Waals surface area (Å²) >= 11 is 0. The highest BCUT2D eigenvalue weighted by Crippen LogP contribution is 2.36. The van der Waals surface area contributed by atoms with E-state index in [2.05, 4.69) is 38.8 Å². The minimum Gasteiger partial charge on any atom is -0.332 e. The molecule has 2 atom stereocenters. The fraction of sp³-hybridized carbons (Fsp3) is 0.526. The number of nitrogens with one attached hydrogen (secondary N) is 1. The van der Waals surface area contributed by atoms with Crippen molar-refractivity contribution in [2.75, 3.05) is 19.6 Å². The number of allylic oxidation sites excluding steroid dienone is 1. The summed E-state index contributed by atoms with van der Waals surface area (Å²) in [5.41, 5.74) is 3.91. The molecule has 1 fully saturated rings. The van der Waals surface area contributed by atoms with E-state index < -0.39 is 18.5 Å². The van der Waals surface area contributed by atoms with Crippen LogP contribution >= 0.6 is 0 Å². The number of alkyl halides is 2. The van der Waals surface area contributed by atoms with Gasteiger partial charge in [0, 0.05) is 44.2 Å². The molecule has 1 N–H and O–H groups in total. The number of amides is 2. The topological polar surface area (TPSA) is 62.5 Å². The molecule has 1 aliphatic heterocycles. The molecule has 0 saturated carbocycles. The summed E-state index contributed by atoms with van der Waals surface area (Å²) in [4.78, 5) is 23.0. The molecule has 3 heterocycles. The van der Waals surface area contributed by atoms with Crippen molar-refractivity contribution in [1.29, 1.82) is 0 Å². The van der Waals surface area contributed by atoms with Gasteiger partial charge in [-0.3, -0.25) is 9.38 Å². The minimum atomic E-state index is -2.92. The molecule has 4 rings (SSSR count). The number of rotatable bonds is 4. The number of nitrogens with zero attached hydrogens (tertiary/aromatic N) is 4. The molecule has 2 aliphatic rings. The molecule has 8 heteroatoms. The minimum absolute atomic E-state index is 0.110. The molecule has 0 unspecified atom stereocenters. The first kappa shape index (κ1) is 17.9. The van der Waals surface area contributed by atoms with Gasteiger partial charge in [-0.2, -0.15) is 0 Å². The molecule has 27 heavy (non-hydrogen) atoms. The number of aromatic nitrogens is 3. The molecule has 144 valence electrons. The van der Waals surface area contributed by atoms with E-state index in [4.69, 9.17) is 0 Å². The molecule has 2 aromatic heterocycles. The van der Waals surface area contributed by atoms with Gasteiger partial charge in [-0.25, -0.2) is 18.6 Å². The van der Waals surface area contributed by atoms with Crippen LogP contribution in [0.2, 0.25) is 0 Å². The summed E-state index contributed by atoms with van der Waals surface area (Å²) < 4.78 is 28.2. The molecule has 6 nitrogen and oxygen atoms in total. The van der Waals surface area contributed by atoms with Gasteiger partial charge in [-0.15, -0.1) is 0 Å². The Morgan fingerprint density at radius 3 is 2.89 bits per heavy atom. The van der Waals surface area contributed by atoms with E-state index in [1.807, 2.05) is 6.20 Å². The van der Waals surface area contributed by atoms with Gasteiger partial charge >= 0.3 is 6.03 Å². The number of carbonyl (C=O) groups excluding carboxylic acids is 1. The smallest absolute Gasteiger partial charge is 0.317 e. The lowest BCUT2D eigenvalue weighted by Crippen LogP contribution is -2.43. The lowest BCUT2D eigenvalue weighted by Gasteiger charge is -2.19. The third-order valence-corrected chi connectivity index (χ3v) is 5.46. The van der Waals surface area contributed by atoms with Crippen molar-refractivity contribution < 1.29 is 13.6 Å². The van der Waals surface area contributed by atoms with Crippen molar-refractivity contribution in [2.24, 2.45) is 5.92 Å². The Balaban J connectivity index is 1.61. The second-order valence-corrected chi connectivity index (χ2v) is 7.48. The zero-order valence-corrected chi connectivity index (χ0v) is 15.5. The van der Waals surface area contributed by atoms with Crippen LogP contribution in [0.15, 0.2) is 18.5 Å². The highest BCUT2D eigenvalue weighted by molar-refractivity contribution is 5.74. The van der Waals surface area contributed by atoms with Gasteiger partial charge in [0.05, 0.1) is 24.1 Å². The van der Waals surface area contributed by atoms with E-state index in [-0.39, 0.29) is 11.8 Å². The first-order chi connectivity index (χ1) is 12.9. The molecule has 1 aliphatic carbocycles. The number of imidazole rings is 1. The standard InChI is InChI=1S/C19H23F2N5O/c1-3-12-9-25(18(27)24-11-19(2,20)21)10-13(12)16-7-23-17-8-22-14-5-4-6-15(14)26(16)17/h4,6-8,12-13H,3,5,9-11H2,1-2H3,(H,24,27)/t12-,13+/m1/s1. The molecule has 1 saturated heterocycles. The molecule has 2 amide bonds. The number of fused-ring (bicyclic) bond motifs is 3. The van der Waals surface area contributed by atoms with Gasteiger partial charge in [-0.1, -0.05) is 19.4 Å². The van der Waals surface area contributed by atoms with E-state index in [1.165, 1.54) is 0 Å². The summed E-state index contributed by atoms with van der Waals surface area (Å²) in [5, 5.41) is 2.35. The van der Waals surface area contributed by atoms with Crippen molar-refractivity contribution in [3.05, 3.63) is 35.6 Å². The molecular formula is C19H23F2N5O. The average molecular weight is 375 g/mol. The highest BCUT2D eigenvalue weighted by Gasteiger charge is 2.37. The molecule has 0 spiro atoms. The summed E-state index contributed by atoms with van der Waals surface area (Å²) in [6.45, 7) is 3.29. The third-order valence-electron chi connectivity index (χ3n) is 5.46. The lowest BCUT2D eigenvalue weighted by molar-refractivity contribution is 0.0241.